The number of rotatable bonds is 4. The van der Waals surface area contributed by atoms with Gasteiger partial charge in [0, 0.05) is 44.3 Å². The topological polar surface area (TPSA) is 87.1 Å². The Morgan fingerprint density at radius 2 is 1.52 bits per heavy atom. The van der Waals surface area contributed by atoms with Gasteiger partial charge in [-0.05, 0) is 43.2 Å². The summed E-state index contributed by atoms with van der Waals surface area (Å²) in [5.74, 6) is 1.25. The second kappa shape index (κ2) is 8.22. The second-order valence-electron chi connectivity index (χ2n) is 7.11. The number of piperazine rings is 1. The zero-order chi connectivity index (χ0) is 20.2. The van der Waals surface area contributed by atoms with Crippen LogP contribution in [0, 0.1) is 13.8 Å². The van der Waals surface area contributed by atoms with Crippen molar-refractivity contribution >= 4 is 23.4 Å². The third kappa shape index (κ3) is 4.48. The summed E-state index contributed by atoms with van der Waals surface area (Å²) in [6.07, 6.45) is 6.69. The summed E-state index contributed by atoms with van der Waals surface area (Å²) >= 11 is 0. The van der Waals surface area contributed by atoms with Crippen LogP contribution >= 0.6 is 0 Å². The number of benzene rings is 1. The first kappa shape index (κ1) is 18.8. The van der Waals surface area contributed by atoms with Gasteiger partial charge < -0.3 is 15.1 Å². The van der Waals surface area contributed by atoms with Gasteiger partial charge in [0.25, 0.3) is 5.91 Å². The van der Waals surface area contributed by atoms with E-state index in [0.717, 1.165) is 54.8 Å². The highest BCUT2D eigenvalue weighted by Gasteiger charge is 2.20. The minimum atomic E-state index is -0.264. The molecule has 0 bridgehead atoms. The SMILES string of the molecule is Cc1cc(C)cc(NC(=O)c2cnc(N3CCN(c4ncccn4)CC3)cn2)c1. The number of hydrogen-bond acceptors (Lipinski definition) is 7. The van der Waals surface area contributed by atoms with E-state index in [0.29, 0.717) is 5.69 Å². The maximum absolute atomic E-state index is 12.5. The van der Waals surface area contributed by atoms with Gasteiger partial charge in [-0.15, -0.1) is 0 Å². The third-order valence-electron chi connectivity index (χ3n) is 4.79. The van der Waals surface area contributed by atoms with Crippen LogP contribution in [0.25, 0.3) is 0 Å². The molecule has 2 aromatic heterocycles. The molecule has 0 aliphatic carbocycles. The maximum atomic E-state index is 12.5. The van der Waals surface area contributed by atoms with E-state index in [1.54, 1.807) is 18.6 Å². The van der Waals surface area contributed by atoms with Gasteiger partial charge in [-0.25, -0.2) is 19.9 Å². The fourth-order valence-corrected chi connectivity index (χ4v) is 3.43. The van der Waals surface area contributed by atoms with E-state index in [4.69, 9.17) is 0 Å². The Balaban J connectivity index is 1.37. The summed E-state index contributed by atoms with van der Waals surface area (Å²) in [6, 6.07) is 7.74. The average Bonchev–Trinajstić information content (AvgIpc) is 2.74. The normalized spacial score (nSPS) is 14.0. The first-order chi connectivity index (χ1) is 14.1. The van der Waals surface area contributed by atoms with Crippen molar-refractivity contribution in [1.82, 2.24) is 19.9 Å². The number of aryl methyl sites for hydroxylation is 2. The molecule has 0 atom stereocenters. The molecule has 29 heavy (non-hydrogen) atoms. The molecule has 4 rings (SSSR count). The molecule has 3 aromatic rings. The number of aromatic nitrogens is 4. The van der Waals surface area contributed by atoms with Crippen LogP contribution in [0.5, 0.6) is 0 Å². The predicted octanol–water partition coefficient (Wildman–Crippen LogP) is 2.46. The molecule has 1 aliphatic heterocycles. The fraction of sp³-hybridized carbons (Fsp3) is 0.286. The Labute approximate surface area is 169 Å². The molecule has 148 valence electrons. The van der Waals surface area contributed by atoms with Crippen molar-refractivity contribution in [3.05, 3.63) is 65.9 Å². The lowest BCUT2D eigenvalue weighted by atomic mass is 10.1. The lowest BCUT2D eigenvalue weighted by Crippen LogP contribution is -2.47. The van der Waals surface area contributed by atoms with Gasteiger partial charge in [0.05, 0.1) is 12.4 Å². The van der Waals surface area contributed by atoms with Crippen molar-refractivity contribution in [2.45, 2.75) is 13.8 Å². The van der Waals surface area contributed by atoms with Crippen molar-refractivity contribution in [1.29, 1.82) is 0 Å². The molecule has 1 aromatic carbocycles. The predicted molar refractivity (Wildman–Crippen MR) is 112 cm³/mol. The molecule has 1 amide bonds. The van der Waals surface area contributed by atoms with E-state index in [1.807, 2.05) is 32.0 Å². The first-order valence-electron chi connectivity index (χ1n) is 9.57. The molecule has 0 unspecified atom stereocenters. The summed E-state index contributed by atoms with van der Waals surface area (Å²) in [7, 11) is 0. The maximum Gasteiger partial charge on any atom is 0.275 e. The highest BCUT2D eigenvalue weighted by Crippen LogP contribution is 2.17. The Morgan fingerprint density at radius 3 is 2.14 bits per heavy atom. The third-order valence-corrected chi connectivity index (χ3v) is 4.79. The lowest BCUT2D eigenvalue weighted by Gasteiger charge is -2.35. The number of carbonyl (C=O) groups excluding carboxylic acids is 1. The highest BCUT2D eigenvalue weighted by molar-refractivity contribution is 6.02. The van der Waals surface area contributed by atoms with Crippen molar-refractivity contribution in [2.24, 2.45) is 0 Å². The average molecular weight is 389 g/mol. The monoisotopic (exact) mass is 389 g/mol. The van der Waals surface area contributed by atoms with Crippen LogP contribution in [0.4, 0.5) is 17.5 Å². The fourth-order valence-electron chi connectivity index (χ4n) is 3.43. The molecule has 1 aliphatic rings. The molecule has 1 fully saturated rings. The second-order valence-corrected chi connectivity index (χ2v) is 7.11. The lowest BCUT2D eigenvalue weighted by molar-refractivity contribution is 0.102. The zero-order valence-corrected chi connectivity index (χ0v) is 16.5. The number of amides is 1. The van der Waals surface area contributed by atoms with E-state index in [9.17, 15) is 4.79 Å². The van der Waals surface area contributed by atoms with E-state index in [2.05, 4.69) is 41.1 Å². The van der Waals surface area contributed by atoms with Gasteiger partial charge in [0.15, 0.2) is 0 Å². The molecule has 1 N–H and O–H groups in total. The van der Waals surface area contributed by atoms with Crippen molar-refractivity contribution < 1.29 is 4.79 Å². The number of carbonyl (C=O) groups is 1. The molecule has 1 saturated heterocycles. The van der Waals surface area contributed by atoms with E-state index < -0.39 is 0 Å². The van der Waals surface area contributed by atoms with E-state index in [1.165, 1.54) is 6.20 Å². The van der Waals surface area contributed by atoms with Crippen molar-refractivity contribution in [2.75, 3.05) is 41.3 Å². The van der Waals surface area contributed by atoms with Crippen LogP contribution in [-0.4, -0.2) is 52.0 Å². The van der Waals surface area contributed by atoms with E-state index >= 15 is 0 Å². The minimum absolute atomic E-state index is 0.264. The van der Waals surface area contributed by atoms with Gasteiger partial charge >= 0.3 is 0 Å². The number of anilines is 3. The summed E-state index contributed by atoms with van der Waals surface area (Å²) in [4.78, 5) is 34.1. The van der Waals surface area contributed by atoms with Gasteiger partial charge in [-0.1, -0.05) is 6.07 Å². The number of hydrogen-bond donors (Lipinski definition) is 1. The van der Waals surface area contributed by atoms with Crippen LogP contribution in [0.1, 0.15) is 21.6 Å². The van der Waals surface area contributed by atoms with Gasteiger partial charge in [-0.3, -0.25) is 4.79 Å². The Morgan fingerprint density at radius 1 is 0.862 bits per heavy atom. The molecule has 0 saturated carbocycles. The van der Waals surface area contributed by atoms with E-state index in [-0.39, 0.29) is 5.91 Å². The standard InChI is InChI=1S/C21H23N7O/c1-15-10-16(2)12-17(11-15)26-20(29)18-13-25-19(14-24-18)27-6-8-28(9-7-27)21-22-4-3-5-23-21/h3-5,10-14H,6-9H2,1-2H3,(H,26,29). The van der Waals surface area contributed by atoms with Crippen LogP contribution in [-0.2, 0) is 0 Å². The van der Waals surface area contributed by atoms with Crippen LogP contribution < -0.4 is 15.1 Å². The Hall–Kier alpha value is -3.55. The molecule has 8 nitrogen and oxygen atoms in total. The molecule has 3 heterocycles. The smallest absolute Gasteiger partial charge is 0.275 e. The van der Waals surface area contributed by atoms with Crippen molar-refractivity contribution in [3.8, 4) is 0 Å². The summed E-state index contributed by atoms with van der Waals surface area (Å²) in [6.45, 7) is 7.20. The number of nitrogens with one attached hydrogen (secondary N) is 1. The molecular formula is C21H23N7O. The molecular weight excluding hydrogens is 366 g/mol. The van der Waals surface area contributed by atoms with Crippen LogP contribution in [0.15, 0.2) is 49.1 Å². The Kier molecular flexibility index (Phi) is 5.33. The molecule has 8 heteroatoms. The largest absolute Gasteiger partial charge is 0.352 e. The van der Waals surface area contributed by atoms with Gasteiger partial charge in [0.2, 0.25) is 5.95 Å². The van der Waals surface area contributed by atoms with Crippen LogP contribution in [0.3, 0.4) is 0 Å². The minimum Gasteiger partial charge on any atom is -0.352 e. The molecule has 0 spiro atoms. The van der Waals surface area contributed by atoms with Gasteiger partial charge in [0.1, 0.15) is 11.5 Å². The quantitative estimate of drug-likeness (QED) is 0.733. The first-order valence-corrected chi connectivity index (χ1v) is 9.57. The Bertz CT molecular complexity index is 963. The van der Waals surface area contributed by atoms with Gasteiger partial charge in [-0.2, -0.15) is 0 Å². The number of nitrogens with zero attached hydrogens (tertiary/aromatic N) is 6. The van der Waals surface area contributed by atoms with Crippen LogP contribution in [0.2, 0.25) is 0 Å². The summed E-state index contributed by atoms with van der Waals surface area (Å²) in [5, 5.41) is 2.89. The molecule has 0 radical (unpaired) electrons. The zero-order valence-electron chi connectivity index (χ0n) is 16.5. The summed E-state index contributed by atoms with van der Waals surface area (Å²) < 4.78 is 0. The van der Waals surface area contributed by atoms with Crippen molar-refractivity contribution in [3.63, 3.8) is 0 Å². The summed E-state index contributed by atoms with van der Waals surface area (Å²) in [5.41, 5.74) is 3.26. The highest BCUT2D eigenvalue weighted by atomic mass is 16.1.